The third-order valence-electron chi connectivity index (χ3n) is 4.01. The van der Waals surface area contributed by atoms with E-state index >= 15 is 0 Å². The van der Waals surface area contributed by atoms with Crippen LogP contribution in [0.5, 0.6) is 0 Å². The van der Waals surface area contributed by atoms with E-state index in [0.717, 1.165) is 58.8 Å². The average Bonchev–Trinajstić information content (AvgIpc) is 2.99. The fraction of sp³-hybridized carbons (Fsp3) is 0.750. The van der Waals surface area contributed by atoms with E-state index in [1.165, 1.54) is 0 Å². The predicted molar refractivity (Wildman–Crippen MR) is 80.6 cm³/mol. The molecule has 1 amide bonds. The standard InChI is InChI=1S/C16H25N3O2/c1-16(2,13-18-7-9-21-10-8-18)11-14(12-17)15(20)19-5-3-4-6-19/h11H,3-10,13H2,1-2H3/b14-11+. The number of ether oxygens (including phenoxy) is 1. The molecule has 2 aliphatic rings. The molecule has 0 atom stereocenters. The smallest absolute Gasteiger partial charge is 0.264 e. The van der Waals surface area contributed by atoms with Crippen LogP contribution in [0.15, 0.2) is 11.6 Å². The Morgan fingerprint density at radius 2 is 1.86 bits per heavy atom. The van der Waals surface area contributed by atoms with Crippen LogP contribution >= 0.6 is 0 Å². The van der Waals surface area contributed by atoms with Crippen LogP contribution in [-0.4, -0.2) is 61.6 Å². The van der Waals surface area contributed by atoms with Crippen LogP contribution in [0.4, 0.5) is 0 Å². The number of hydrogen-bond donors (Lipinski definition) is 0. The van der Waals surface area contributed by atoms with Gasteiger partial charge in [-0.2, -0.15) is 5.26 Å². The lowest BCUT2D eigenvalue weighted by molar-refractivity contribution is -0.125. The lowest BCUT2D eigenvalue weighted by Crippen LogP contribution is -2.41. The van der Waals surface area contributed by atoms with Gasteiger partial charge in [-0.1, -0.05) is 19.9 Å². The molecule has 116 valence electrons. The molecule has 0 aromatic carbocycles. The van der Waals surface area contributed by atoms with Crippen molar-refractivity contribution in [1.29, 1.82) is 5.26 Å². The second-order valence-electron chi connectivity index (χ2n) is 6.55. The van der Waals surface area contributed by atoms with E-state index in [1.54, 1.807) is 4.90 Å². The second kappa shape index (κ2) is 7.06. The number of carbonyl (C=O) groups excluding carboxylic acids is 1. The zero-order valence-corrected chi connectivity index (χ0v) is 13.1. The number of nitrogens with zero attached hydrogens (tertiary/aromatic N) is 3. The molecule has 5 heteroatoms. The fourth-order valence-corrected chi connectivity index (χ4v) is 3.00. The molecule has 2 saturated heterocycles. The third-order valence-corrected chi connectivity index (χ3v) is 4.01. The first-order chi connectivity index (χ1) is 10.0. The highest BCUT2D eigenvalue weighted by atomic mass is 16.5. The first-order valence-corrected chi connectivity index (χ1v) is 7.74. The van der Waals surface area contributed by atoms with E-state index in [2.05, 4.69) is 24.8 Å². The summed E-state index contributed by atoms with van der Waals surface area (Å²) in [6.45, 7) is 9.92. The summed E-state index contributed by atoms with van der Waals surface area (Å²) in [5.41, 5.74) is 0.0905. The summed E-state index contributed by atoms with van der Waals surface area (Å²) >= 11 is 0. The van der Waals surface area contributed by atoms with Crippen LogP contribution in [0.3, 0.4) is 0 Å². The van der Waals surface area contributed by atoms with Gasteiger partial charge in [-0.25, -0.2) is 0 Å². The zero-order chi connectivity index (χ0) is 15.3. The van der Waals surface area contributed by atoms with Gasteiger partial charge < -0.3 is 9.64 Å². The van der Waals surface area contributed by atoms with Gasteiger partial charge >= 0.3 is 0 Å². The largest absolute Gasteiger partial charge is 0.379 e. The molecule has 2 rings (SSSR count). The molecular weight excluding hydrogens is 266 g/mol. The SMILES string of the molecule is CC(C)(/C=C(\C#N)C(=O)N1CCCC1)CN1CCOCC1. The highest BCUT2D eigenvalue weighted by molar-refractivity contribution is 5.97. The third kappa shape index (κ3) is 4.55. The maximum Gasteiger partial charge on any atom is 0.264 e. The van der Waals surface area contributed by atoms with Gasteiger partial charge in [-0.3, -0.25) is 9.69 Å². The number of likely N-dealkylation sites (tertiary alicyclic amines) is 1. The van der Waals surface area contributed by atoms with Crippen LogP contribution < -0.4 is 0 Å². The first kappa shape index (κ1) is 16.0. The number of morpholine rings is 1. The van der Waals surface area contributed by atoms with Crippen molar-refractivity contribution in [1.82, 2.24) is 9.80 Å². The Morgan fingerprint density at radius 1 is 1.24 bits per heavy atom. The topological polar surface area (TPSA) is 56.6 Å². The predicted octanol–water partition coefficient (Wildman–Crippen LogP) is 1.42. The van der Waals surface area contributed by atoms with Gasteiger partial charge in [-0.15, -0.1) is 0 Å². The van der Waals surface area contributed by atoms with Gasteiger partial charge in [-0.05, 0) is 18.3 Å². The summed E-state index contributed by atoms with van der Waals surface area (Å²) in [4.78, 5) is 16.5. The normalized spacial score (nSPS) is 21.4. The summed E-state index contributed by atoms with van der Waals surface area (Å²) < 4.78 is 5.35. The summed E-state index contributed by atoms with van der Waals surface area (Å²) in [5.74, 6) is -0.106. The summed E-state index contributed by atoms with van der Waals surface area (Å²) in [6, 6.07) is 2.10. The van der Waals surface area contributed by atoms with Crippen molar-refractivity contribution in [3.8, 4) is 6.07 Å². The van der Waals surface area contributed by atoms with Gasteiger partial charge in [0.15, 0.2) is 0 Å². The van der Waals surface area contributed by atoms with Crippen molar-refractivity contribution in [2.24, 2.45) is 5.41 Å². The molecule has 0 N–H and O–H groups in total. The summed E-state index contributed by atoms with van der Waals surface area (Å²) in [6.07, 6.45) is 3.94. The minimum atomic E-state index is -0.197. The van der Waals surface area contributed by atoms with Gasteiger partial charge in [0.05, 0.1) is 13.2 Å². The minimum Gasteiger partial charge on any atom is -0.379 e. The van der Waals surface area contributed by atoms with Crippen molar-refractivity contribution >= 4 is 5.91 Å². The van der Waals surface area contributed by atoms with Crippen molar-refractivity contribution < 1.29 is 9.53 Å². The van der Waals surface area contributed by atoms with Crippen LogP contribution in [0.25, 0.3) is 0 Å². The molecule has 0 spiro atoms. The quantitative estimate of drug-likeness (QED) is 0.580. The minimum absolute atomic E-state index is 0.106. The van der Waals surface area contributed by atoms with Crippen LogP contribution in [0.1, 0.15) is 26.7 Å². The molecule has 2 aliphatic heterocycles. The molecule has 0 aliphatic carbocycles. The van der Waals surface area contributed by atoms with Gasteiger partial charge in [0.2, 0.25) is 0 Å². The van der Waals surface area contributed by atoms with E-state index in [9.17, 15) is 10.1 Å². The van der Waals surface area contributed by atoms with E-state index in [1.807, 2.05) is 6.08 Å². The maximum atomic E-state index is 12.3. The fourth-order valence-electron chi connectivity index (χ4n) is 3.00. The van der Waals surface area contributed by atoms with Crippen molar-refractivity contribution in [2.75, 3.05) is 45.9 Å². The molecule has 0 aromatic rings. The van der Waals surface area contributed by atoms with Crippen molar-refractivity contribution in [2.45, 2.75) is 26.7 Å². The zero-order valence-electron chi connectivity index (χ0n) is 13.1. The first-order valence-electron chi connectivity index (χ1n) is 7.74. The Balaban J connectivity index is 2.02. The Bertz CT molecular complexity index is 439. The van der Waals surface area contributed by atoms with Gasteiger partial charge in [0, 0.05) is 32.7 Å². The van der Waals surface area contributed by atoms with E-state index in [0.29, 0.717) is 0 Å². The Kier molecular flexibility index (Phi) is 5.38. The van der Waals surface area contributed by atoms with E-state index < -0.39 is 0 Å². The lowest BCUT2D eigenvalue weighted by atomic mass is 9.89. The van der Waals surface area contributed by atoms with E-state index in [4.69, 9.17) is 4.74 Å². The molecule has 0 unspecified atom stereocenters. The number of amides is 1. The molecule has 0 saturated carbocycles. The van der Waals surface area contributed by atoms with E-state index in [-0.39, 0.29) is 16.9 Å². The second-order valence-corrected chi connectivity index (χ2v) is 6.55. The Morgan fingerprint density at radius 3 is 2.43 bits per heavy atom. The van der Waals surface area contributed by atoms with Crippen molar-refractivity contribution in [3.63, 3.8) is 0 Å². The lowest BCUT2D eigenvalue weighted by Gasteiger charge is -2.33. The summed E-state index contributed by atoms with van der Waals surface area (Å²) in [5, 5.41) is 9.33. The van der Waals surface area contributed by atoms with Crippen molar-refractivity contribution in [3.05, 3.63) is 11.6 Å². The van der Waals surface area contributed by atoms with Gasteiger partial charge in [0.1, 0.15) is 11.6 Å². The summed E-state index contributed by atoms with van der Waals surface area (Å²) in [7, 11) is 0. The monoisotopic (exact) mass is 291 g/mol. The average molecular weight is 291 g/mol. The molecule has 0 radical (unpaired) electrons. The molecule has 0 bridgehead atoms. The molecule has 21 heavy (non-hydrogen) atoms. The van der Waals surface area contributed by atoms with Crippen LogP contribution in [0, 0.1) is 16.7 Å². The molecule has 2 fully saturated rings. The number of rotatable bonds is 4. The van der Waals surface area contributed by atoms with Gasteiger partial charge in [0.25, 0.3) is 5.91 Å². The highest BCUT2D eigenvalue weighted by Gasteiger charge is 2.26. The number of hydrogen-bond acceptors (Lipinski definition) is 4. The molecule has 0 aromatic heterocycles. The maximum absolute atomic E-state index is 12.3. The number of nitriles is 1. The molecular formula is C16H25N3O2. The van der Waals surface area contributed by atoms with Crippen LogP contribution in [0.2, 0.25) is 0 Å². The van der Waals surface area contributed by atoms with Crippen LogP contribution in [-0.2, 0) is 9.53 Å². The number of carbonyl (C=O) groups is 1. The highest BCUT2D eigenvalue weighted by Crippen LogP contribution is 2.23. The molecule has 5 nitrogen and oxygen atoms in total. The Labute approximate surface area is 127 Å². The Hall–Kier alpha value is -1.38. The molecule has 2 heterocycles.